The van der Waals surface area contributed by atoms with Crippen molar-refractivity contribution in [1.29, 1.82) is 0 Å². The molecular formula is C13H17ClN2O2. The van der Waals surface area contributed by atoms with Gasteiger partial charge in [0.1, 0.15) is 5.54 Å². The van der Waals surface area contributed by atoms with Crippen molar-refractivity contribution in [2.75, 3.05) is 25.5 Å². The van der Waals surface area contributed by atoms with Crippen molar-refractivity contribution >= 4 is 23.3 Å². The van der Waals surface area contributed by atoms with Gasteiger partial charge in [-0.1, -0.05) is 23.7 Å². The monoisotopic (exact) mass is 268 g/mol. The number of nitrogens with one attached hydrogen (secondary N) is 2. The Balaban J connectivity index is 2.25. The minimum absolute atomic E-state index is 0.232. The lowest BCUT2D eigenvalue weighted by atomic mass is 9.88. The van der Waals surface area contributed by atoms with Gasteiger partial charge in [0.15, 0.2) is 0 Å². The number of benzene rings is 1. The molecule has 0 saturated carbocycles. The molecule has 0 unspecified atom stereocenters. The number of methoxy groups -OCH3 is 1. The van der Waals surface area contributed by atoms with Gasteiger partial charge in [0.05, 0.1) is 17.8 Å². The summed E-state index contributed by atoms with van der Waals surface area (Å²) in [6.07, 6.45) is 1.37. The second-order valence-electron chi connectivity index (χ2n) is 4.43. The molecule has 4 nitrogen and oxygen atoms in total. The second-order valence-corrected chi connectivity index (χ2v) is 4.84. The number of halogens is 1. The molecule has 0 aromatic heterocycles. The van der Waals surface area contributed by atoms with E-state index in [2.05, 4.69) is 10.6 Å². The zero-order valence-corrected chi connectivity index (χ0v) is 11.1. The van der Waals surface area contributed by atoms with E-state index in [1.807, 2.05) is 18.2 Å². The van der Waals surface area contributed by atoms with Crippen LogP contribution in [0.5, 0.6) is 0 Å². The normalized spacial score (nSPS) is 18.1. The Kier molecular flexibility index (Phi) is 4.09. The summed E-state index contributed by atoms with van der Waals surface area (Å²) in [7, 11) is 1.42. The van der Waals surface area contributed by atoms with Gasteiger partial charge in [-0.2, -0.15) is 0 Å². The van der Waals surface area contributed by atoms with E-state index in [-0.39, 0.29) is 5.97 Å². The van der Waals surface area contributed by atoms with Crippen LogP contribution in [0.3, 0.4) is 0 Å². The average Bonchev–Trinajstić information content (AvgIpc) is 2.41. The van der Waals surface area contributed by atoms with Crippen molar-refractivity contribution in [2.45, 2.75) is 18.4 Å². The molecule has 0 spiro atoms. The van der Waals surface area contributed by atoms with Crippen LogP contribution >= 0.6 is 11.6 Å². The first kappa shape index (κ1) is 13.2. The number of anilines is 1. The average molecular weight is 269 g/mol. The number of carbonyl (C=O) groups is 1. The van der Waals surface area contributed by atoms with E-state index in [0.29, 0.717) is 17.9 Å². The molecule has 2 N–H and O–H groups in total. The van der Waals surface area contributed by atoms with Gasteiger partial charge >= 0.3 is 5.97 Å². The number of hydrogen-bond donors (Lipinski definition) is 2. The van der Waals surface area contributed by atoms with E-state index in [0.717, 1.165) is 18.8 Å². The minimum Gasteiger partial charge on any atom is -0.467 e. The number of ether oxygens (including phenoxy) is 1. The van der Waals surface area contributed by atoms with Crippen LogP contribution in [0.15, 0.2) is 24.3 Å². The van der Waals surface area contributed by atoms with Crippen LogP contribution in [0, 0.1) is 0 Å². The maximum atomic E-state index is 12.0. The van der Waals surface area contributed by atoms with Crippen molar-refractivity contribution in [3.63, 3.8) is 0 Å². The molecule has 0 aliphatic carbocycles. The number of hydrogen-bond acceptors (Lipinski definition) is 4. The van der Waals surface area contributed by atoms with Crippen molar-refractivity contribution in [2.24, 2.45) is 0 Å². The predicted molar refractivity (Wildman–Crippen MR) is 71.9 cm³/mol. The standard InChI is InChI=1S/C13H17ClN2O2/c1-18-12(17)13(6-8-15-9-7-13)16-11-5-3-2-4-10(11)14/h2-5,15-16H,6-9H2,1H3. The van der Waals surface area contributed by atoms with E-state index in [9.17, 15) is 4.79 Å². The molecule has 0 atom stereocenters. The molecule has 1 aliphatic rings. The highest BCUT2D eigenvalue weighted by Crippen LogP contribution is 2.29. The third kappa shape index (κ3) is 2.60. The largest absolute Gasteiger partial charge is 0.467 e. The number of piperidine rings is 1. The summed E-state index contributed by atoms with van der Waals surface area (Å²) in [5.41, 5.74) is 0.0943. The van der Waals surface area contributed by atoms with E-state index >= 15 is 0 Å². The molecule has 0 radical (unpaired) electrons. The molecule has 98 valence electrons. The highest BCUT2D eigenvalue weighted by atomic mass is 35.5. The molecule has 0 bridgehead atoms. The number of carbonyl (C=O) groups excluding carboxylic acids is 1. The molecule has 1 aromatic carbocycles. The highest BCUT2D eigenvalue weighted by Gasteiger charge is 2.40. The summed E-state index contributed by atoms with van der Waals surface area (Å²) >= 11 is 6.12. The van der Waals surface area contributed by atoms with Gasteiger partial charge in [0.2, 0.25) is 0 Å². The van der Waals surface area contributed by atoms with E-state index < -0.39 is 5.54 Å². The van der Waals surface area contributed by atoms with Crippen LogP contribution < -0.4 is 10.6 Å². The Labute approximate surface area is 112 Å². The van der Waals surface area contributed by atoms with E-state index in [1.54, 1.807) is 6.07 Å². The maximum Gasteiger partial charge on any atom is 0.331 e. The number of esters is 1. The van der Waals surface area contributed by atoms with Crippen LogP contribution in [0.1, 0.15) is 12.8 Å². The Hall–Kier alpha value is -1.26. The molecule has 1 fully saturated rings. The summed E-state index contributed by atoms with van der Waals surface area (Å²) < 4.78 is 4.93. The van der Waals surface area contributed by atoms with Gasteiger partial charge in [0, 0.05) is 0 Å². The quantitative estimate of drug-likeness (QED) is 0.824. The molecule has 18 heavy (non-hydrogen) atoms. The topological polar surface area (TPSA) is 50.4 Å². The highest BCUT2D eigenvalue weighted by molar-refractivity contribution is 6.33. The molecule has 2 rings (SSSR count). The zero-order chi connectivity index (χ0) is 13.0. The van der Waals surface area contributed by atoms with Gasteiger partial charge in [0.25, 0.3) is 0 Å². The van der Waals surface area contributed by atoms with E-state index in [4.69, 9.17) is 16.3 Å². The lowest BCUT2D eigenvalue weighted by Gasteiger charge is -2.36. The molecule has 1 saturated heterocycles. The molecular weight excluding hydrogens is 252 g/mol. The smallest absolute Gasteiger partial charge is 0.331 e. The van der Waals surface area contributed by atoms with Crippen LogP contribution in [-0.4, -0.2) is 31.7 Å². The van der Waals surface area contributed by atoms with E-state index in [1.165, 1.54) is 7.11 Å². The predicted octanol–water partition coefficient (Wildman–Crippen LogP) is 2.05. The zero-order valence-electron chi connectivity index (χ0n) is 10.3. The number of rotatable bonds is 3. The first-order valence-corrected chi connectivity index (χ1v) is 6.38. The Morgan fingerprint density at radius 3 is 2.67 bits per heavy atom. The lowest BCUT2D eigenvalue weighted by molar-refractivity contribution is -0.147. The molecule has 5 heteroatoms. The first-order chi connectivity index (χ1) is 8.68. The lowest BCUT2D eigenvalue weighted by Crippen LogP contribution is -2.54. The maximum absolute atomic E-state index is 12.0. The molecule has 0 amide bonds. The Morgan fingerprint density at radius 2 is 2.06 bits per heavy atom. The number of para-hydroxylation sites is 1. The van der Waals surface area contributed by atoms with Crippen LogP contribution in [0.25, 0.3) is 0 Å². The molecule has 1 heterocycles. The first-order valence-electron chi connectivity index (χ1n) is 6.00. The molecule has 1 aliphatic heterocycles. The third-order valence-corrected chi connectivity index (χ3v) is 3.61. The fourth-order valence-electron chi connectivity index (χ4n) is 2.25. The van der Waals surface area contributed by atoms with Crippen molar-refractivity contribution < 1.29 is 9.53 Å². The van der Waals surface area contributed by atoms with Gasteiger partial charge in [-0.3, -0.25) is 0 Å². The second kappa shape index (κ2) is 5.59. The fraction of sp³-hybridized carbons (Fsp3) is 0.462. The summed E-state index contributed by atoms with van der Waals surface area (Å²) in [5, 5.41) is 7.12. The van der Waals surface area contributed by atoms with Gasteiger partial charge in [-0.15, -0.1) is 0 Å². The van der Waals surface area contributed by atoms with Gasteiger partial charge in [-0.05, 0) is 38.1 Å². The van der Waals surface area contributed by atoms with Crippen molar-refractivity contribution in [3.8, 4) is 0 Å². The third-order valence-electron chi connectivity index (χ3n) is 3.28. The summed E-state index contributed by atoms with van der Waals surface area (Å²) in [5.74, 6) is -0.232. The van der Waals surface area contributed by atoms with Crippen molar-refractivity contribution in [1.82, 2.24) is 5.32 Å². The van der Waals surface area contributed by atoms with Crippen LogP contribution in [0.4, 0.5) is 5.69 Å². The Bertz CT molecular complexity index is 431. The summed E-state index contributed by atoms with van der Waals surface area (Å²) in [4.78, 5) is 12.0. The Morgan fingerprint density at radius 1 is 1.39 bits per heavy atom. The van der Waals surface area contributed by atoms with Crippen LogP contribution in [0.2, 0.25) is 5.02 Å². The minimum atomic E-state index is -0.676. The van der Waals surface area contributed by atoms with Crippen molar-refractivity contribution in [3.05, 3.63) is 29.3 Å². The van der Waals surface area contributed by atoms with Crippen LogP contribution in [-0.2, 0) is 9.53 Å². The van der Waals surface area contributed by atoms with Gasteiger partial charge in [-0.25, -0.2) is 4.79 Å². The summed E-state index contributed by atoms with van der Waals surface area (Å²) in [6, 6.07) is 7.42. The SMILES string of the molecule is COC(=O)C1(Nc2ccccc2Cl)CCNCC1. The summed E-state index contributed by atoms with van der Waals surface area (Å²) in [6.45, 7) is 1.57. The molecule has 1 aromatic rings. The van der Waals surface area contributed by atoms with Gasteiger partial charge < -0.3 is 15.4 Å². The fourth-order valence-corrected chi connectivity index (χ4v) is 2.43.